The fourth-order valence-electron chi connectivity index (χ4n) is 1.07. The van der Waals surface area contributed by atoms with Crippen molar-refractivity contribution >= 4 is 11.4 Å². The maximum Gasteiger partial charge on any atom is 0.248 e. The number of primary amides is 1. The number of imidazole rings is 1. The van der Waals surface area contributed by atoms with E-state index in [2.05, 4.69) is 4.98 Å². The van der Waals surface area contributed by atoms with Crippen molar-refractivity contribution in [1.29, 1.82) is 0 Å². The molecule has 4 heteroatoms. The van der Waals surface area contributed by atoms with Crippen molar-refractivity contribution in [3.8, 4) is 0 Å². The molecule has 0 saturated carbocycles. The maximum atomic E-state index is 10.8. The molecule has 0 unspecified atom stereocenters. The normalized spacial score (nSPS) is 10.3. The van der Waals surface area contributed by atoms with Gasteiger partial charge in [-0.2, -0.15) is 0 Å². The Balaban J connectivity index is 2.68. The molecule has 0 aliphatic heterocycles. The Kier molecular flexibility index (Phi) is 1.33. The molecule has 60 valence electrons. The third-order valence-corrected chi connectivity index (χ3v) is 1.70. The summed E-state index contributed by atoms with van der Waals surface area (Å²) in [7, 11) is 0. The van der Waals surface area contributed by atoms with Gasteiger partial charge in [-0.1, -0.05) is 0 Å². The molecule has 2 N–H and O–H groups in total. The van der Waals surface area contributed by atoms with Gasteiger partial charge >= 0.3 is 0 Å². The van der Waals surface area contributed by atoms with E-state index < -0.39 is 5.91 Å². The van der Waals surface area contributed by atoms with Crippen LogP contribution in [0.3, 0.4) is 0 Å². The molecule has 0 aliphatic rings. The minimum absolute atomic E-state index is 0.418. The number of pyridine rings is 1. The van der Waals surface area contributed by atoms with Crippen molar-refractivity contribution in [3.05, 3.63) is 36.4 Å². The van der Waals surface area contributed by atoms with Crippen molar-refractivity contribution < 1.29 is 4.79 Å². The van der Waals surface area contributed by atoms with Crippen molar-refractivity contribution in [2.75, 3.05) is 0 Å². The summed E-state index contributed by atoms with van der Waals surface area (Å²) in [5, 5.41) is 0. The van der Waals surface area contributed by atoms with Crippen molar-refractivity contribution in [2.24, 2.45) is 5.73 Å². The number of rotatable bonds is 1. The van der Waals surface area contributed by atoms with Gasteiger partial charge in [0.2, 0.25) is 5.91 Å². The Morgan fingerprint density at radius 2 is 2.42 bits per heavy atom. The molecule has 2 aromatic rings. The number of carbonyl (C=O) groups excluding carboxylic acids is 1. The molecular formula is C8H7N3O. The van der Waals surface area contributed by atoms with E-state index in [1.54, 1.807) is 30.9 Å². The van der Waals surface area contributed by atoms with E-state index in [4.69, 9.17) is 5.73 Å². The zero-order valence-electron chi connectivity index (χ0n) is 6.27. The van der Waals surface area contributed by atoms with Gasteiger partial charge in [-0.15, -0.1) is 0 Å². The van der Waals surface area contributed by atoms with E-state index in [-0.39, 0.29) is 0 Å². The van der Waals surface area contributed by atoms with Crippen LogP contribution in [0.15, 0.2) is 30.9 Å². The van der Waals surface area contributed by atoms with Crippen molar-refractivity contribution in [3.63, 3.8) is 0 Å². The zero-order valence-corrected chi connectivity index (χ0v) is 6.27. The molecule has 0 bridgehead atoms. The second kappa shape index (κ2) is 2.34. The molecule has 0 aromatic carbocycles. The summed E-state index contributed by atoms with van der Waals surface area (Å²) in [5.74, 6) is -0.418. The van der Waals surface area contributed by atoms with E-state index in [1.165, 1.54) is 0 Å². The van der Waals surface area contributed by atoms with Gasteiger partial charge in [0, 0.05) is 11.8 Å². The fraction of sp³-hybridized carbons (Fsp3) is 0. The lowest BCUT2D eigenvalue weighted by Crippen LogP contribution is -2.10. The molecule has 2 heterocycles. The number of fused-ring (bicyclic) bond motifs is 1. The molecule has 1 amide bonds. The van der Waals surface area contributed by atoms with Gasteiger partial charge < -0.3 is 10.1 Å². The molecule has 0 spiro atoms. The number of aromatic nitrogens is 2. The SMILES string of the molecule is NC(=O)c1ccn2cncc2c1. The van der Waals surface area contributed by atoms with E-state index in [1.807, 2.05) is 4.40 Å². The lowest BCUT2D eigenvalue weighted by atomic mass is 10.2. The van der Waals surface area contributed by atoms with E-state index >= 15 is 0 Å². The van der Waals surface area contributed by atoms with Crippen LogP contribution in [-0.4, -0.2) is 15.3 Å². The lowest BCUT2D eigenvalue weighted by molar-refractivity contribution is 0.100. The topological polar surface area (TPSA) is 60.4 Å². The predicted octanol–water partition coefficient (Wildman–Crippen LogP) is 0.433. The Labute approximate surface area is 68.6 Å². The first kappa shape index (κ1) is 6.84. The van der Waals surface area contributed by atoms with E-state index in [0.717, 1.165) is 5.52 Å². The molecule has 0 saturated heterocycles. The Morgan fingerprint density at radius 3 is 3.17 bits per heavy atom. The highest BCUT2D eigenvalue weighted by molar-refractivity contribution is 5.93. The molecular weight excluding hydrogens is 154 g/mol. The first-order valence-corrected chi connectivity index (χ1v) is 3.49. The number of carbonyl (C=O) groups is 1. The number of nitrogens with zero attached hydrogens (tertiary/aromatic N) is 2. The monoisotopic (exact) mass is 161 g/mol. The van der Waals surface area contributed by atoms with Gasteiger partial charge in [0.15, 0.2) is 0 Å². The first-order chi connectivity index (χ1) is 5.77. The highest BCUT2D eigenvalue weighted by atomic mass is 16.1. The minimum Gasteiger partial charge on any atom is -0.366 e. The quantitative estimate of drug-likeness (QED) is 0.659. The Bertz CT molecular complexity index is 433. The van der Waals surface area contributed by atoms with E-state index in [0.29, 0.717) is 5.56 Å². The second-order valence-corrected chi connectivity index (χ2v) is 2.51. The largest absolute Gasteiger partial charge is 0.366 e. The third kappa shape index (κ3) is 0.934. The van der Waals surface area contributed by atoms with Gasteiger partial charge in [-0.3, -0.25) is 4.79 Å². The number of nitrogens with two attached hydrogens (primary N) is 1. The summed E-state index contributed by atoms with van der Waals surface area (Å²) < 4.78 is 1.81. The summed E-state index contributed by atoms with van der Waals surface area (Å²) in [4.78, 5) is 14.7. The van der Waals surface area contributed by atoms with Crippen LogP contribution in [0, 0.1) is 0 Å². The third-order valence-electron chi connectivity index (χ3n) is 1.70. The number of hydrogen-bond acceptors (Lipinski definition) is 2. The van der Waals surface area contributed by atoms with E-state index in [9.17, 15) is 4.79 Å². The molecule has 2 rings (SSSR count). The molecule has 0 fully saturated rings. The van der Waals surface area contributed by atoms with Crippen LogP contribution in [0.1, 0.15) is 10.4 Å². The molecule has 4 nitrogen and oxygen atoms in total. The van der Waals surface area contributed by atoms with Gasteiger partial charge in [0.1, 0.15) is 0 Å². The van der Waals surface area contributed by atoms with Crippen molar-refractivity contribution in [2.45, 2.75) is 0 Å². The van der Waals surface area contributed by atoms with Crippen LogP contribution in [-0.2, 0) is 0 Å². The fourth-order valence-corrected chi connectivity index (χ4v) is 1.07. The van der Waals surface area contributed by atoms with Crippen LogP contribution in [0.5, 0.6) is 0 Å². The average molecular weight is 161 g/mol. The summed E-state index contributed by atoms with van der Waals surface area (Å²) >= 11 is 0. The minimum atomic E-state index is -0.418. The second-order valence-electron chi connectivity index (χ2n) is 2.51. The first-order valence-electron chi connectivity index (χ1n) is 3.49. The van der Waals surface area contributed by atoms with Gasteiger partial charge in [0.25, 0.3) is 0 Å². The van der Waals surface area contributed by atoms with Crippen LogP contribution in [0.4, 0.5) is 0 Å². The standard InChI is InChI=1S/C8H7N3O/c9-8(12)6-1-2-11-5-10-4-7(11)3-6/h1-5H,(H2,9,12). The summed E-state index contributed by atoms with van der Waals surface area (Å²) in [5.41, 5.74) is 6.47. The lowest BCUT2D eigenvalue weighted by Gasteiger charge is -1.95. The molecule has 0 atom stereocenters. The van der Waals surface area contributed by atoms with Crippen molar-refractivity contribution in [1.82, 2.24) is 9.38 Å². The Hall–Kier alpha value is -1.84. The van der Waals surface area contributed by atoms with Gasteiger partial charge in [-0.25, -0.2) is 4.98 Å². The zero-order chi connectivity index (χ0) is 8.55. The van der Waals surface area contributed by atoms with Crippen LogP contribution in [0.25, 0.3) is 5.52 Å². The smallest absolute Gasteiger partial charge is 0.248 e. The van der Waals surface area contributed by atoms with Gasteiger partial charge in [-0.05, 0) is 12.1 Å². The summed E-state index contributed by atoms with van der Waals surface area (Å²) in [6, 6.07) is 3.37. The number of hydrogen-bond donors (Lipinski definition) is 1. The van der Waals surface area contributed by atoms with Crippen LogP contribution >= 0.6 is 0 Å². The molecule has 0 aliphatic carbocycles. The Morgan fingerprint density at radius 1 is 1.58 bits per heavy atom. The van der Waals surface area contributed by atoms with Crippen LogP contribution in [0.2, 0.25) is 0 Å². The maximum absolute atomic E-state index is 10.8. The summed E-state index contributed by atoms with van der Waals surface area (Å²) in [6.45, 7) is 0. The predicted molar refractivity (Wildman–Crippen MR) is 43.7 cm³/mol. The average Bonchev–Trinajstić information content (AvgIpc) is 2.49. The molecule has 2 aromatic heterocycles. The molecule has 12 heavy (non-hydrogen) atoms. The highest BCUT2D eigenvalue weighted by Crippen LogP contribution is 2.05. The van der Waals surface area contributed by atoms with Crippen LogP contribution < -0.4 is 5.73 Å². The molecule has 0 radical (unpaired) electrons. The highest BCUT2D eigenvalue weighted by Gasteiger charge is 2.00. The van der Waals surface area contributed by atoms with Gasteiger partial charge in [0.05, 0.1) is 18.0 Å². The number of amides is 1. The summed E-state index contributed by atoms with van der Waals surface area (Å²) in [6.07, 6.45) is 5.09.